The smallest absolute Gasteiger partial charge is 0.271 e. The Morgan fingerprint density at radius 1 is 1.07 bits per heavy atom. The Morgan fingerprint density at radius 3 is 2.48 bits per heavy atom. The van der Waals surface area contributed by atoms with Crippen molar-refractivity contribution in [3.05, 3.63) is 59.7 Å². The first-order valence-corrected chi connectivity index (χ1v) is 8.49. The van der Waals surface area contributed by atoms with Crippen LogP contribution in [-0.4, -0.2) is 50.2 Å². The zero-order valence-electron chi connectivity index (χ0n) is 15.6. The monoisotopic (exact) mass is 369 g/mol. The van der Waals surface area contributed by atoms with Crippen LogP contribution in [0.4, 0.5) is 0 Å². The fourth-order valence-electron chi connectivity index (χ4n) is 2.08. The average molecular weight is 369 g/mol. The lowest BCUT2D eigenvalue weighted by atomic mass is 10.2. The number of amides is 2. The molecule has 0 unspecified atom stereocenters. The topological polar surface area (TPSA) is 80.2 Å². The van der Waals surface area contributed by atoms with Crippen molar-refractivity contribution in [1.82, 2.24) is 10.3 Å². The summed E-state index contributed by atoms with van der Waals surface area (Å²) in [6.45, 7) is 2.23. The van der Waals surface area contributed by atoms with Gasteiger partial charge in [0.05, 0.1) is 12.8 Å². The number of ether oxygens (including phenoxy) is 2. The second-order valence-electron chi connectivity index (χ2n) is 5.78. The lowest BCUT2D eigenvalue weighted by Crippen LogP contribution is -2.27. The average Bonchev–Trinajstić information content (AvgIpc) is 2.67. The molecule has 7 heteroatoms. The van der Waals surface area contributed by atoms with Crippen LogP contribution >= 0.6 is 0 Å². The molecule has 0 radical (unpaired) electrons. The maximum absolute atomic E-state index is 12.0. The van der Waals surface area contributed by atoms with Crippen LogP contribution in [0.25, 0.3) is 0 Å². The second-order valence-corrected chi connectivity index (χ2v) is 5.78. The molecule has 1 N–H and O–H groups in total. The van der Waals surface area contributed by atoms with Gasteiger partial charge in [-0.25, -0.2) is 5.43 Å². The molecule has 0 heterocycles. The number of hydrogen-bond donors (Lipinski definition) is 1. The van der Waals surface area contributed by atoms with Crippen LogP contribution in [0.3, 0.4) is 0 Å². The first-order valence-electron chi connectivity index (χ1n) is 8.49. The number of nitrogens with one attached hydrogen (secondary N) is 1. The number of rotatable bonds is 8. The Balaban J connectivity index is 2.03. The fourth-order valence-corrected chi connectivity index (χ4v) is 2.08. The summed E-state index contributed by atoms with van der Waals surface area (Å²) in [5.74, 6) is 0.533. The quantitative estimate of drug-likeness (QED) is 0.572. The minimum Gasteiger partial charge on any atom is -0.490 e. The van der Waals surface area contributed by atoms with E-state index >= 15 is 0 Å². The van der Waals surface area contributed by atoms with Gasteiger partial charge in [-0.1, -0.05) is 18.2 Å². The summed E-state index contributed by atoms with van der Waals surface area (Å²) < 4.78 is 11.1. The summed E-state index contributed by atoms with van der Waals surface area (Å²) in [5, 5.41) is 3.96. The molecule has 0 aliphatic heterocycles. The van der Waals surface area contributed by atoms with E-state index in [1.165, 1.54) is 11.1 Å². The van der Waals surface area contributed by atoms with Crippen LogP contribution in [0, 0.1) is 0 Å². The van der Waals surface area contributed by atoms with Crippen molar-refractivity contribution in [2.75, 3.05) is 27.3 Å². The predicted molar refractivity (Wildman–Crippen MR) is 103 cm³/mol. The lowest BCUT2D eigenvalue weighted by molar-refractivity contribution is -0.130. The van der Waals surface area contributed by atoms with Crippen molar-refractivity contribution in [2.24, 2.45) is 5.10 Å². The van der Waals surface area contributed by atoms with Crippen molar-refractivity contribution < 1.29 is 19.1 Å². The van der Waals surface area contributed by atoms with Gasteiger partial charge in [-0.15, -0.1) is 0 Å². The van der Waals surface area contributed by atoms with Gasteiger partial charge in [0.1, 0.15) is 0 Å². The van der Waals surface area contributed by atoms with Gasteiger partial charge in [-0.05, 0) is 42.8 Å². The van der Waals surface area contributed by atoms with Crippen LogP contribution < -0.4 is 14.9 Å². The number of carbonyl (C=O) groups excluding carboxylic acids is 2. The lowest BCUT2D eigenvalue weighted by Gasteiger charge is -2.14. The highest BCUT2D eigenvalue weighted by Gasteiger charge is 2.10. The van der Waals surface area contributed by atoms with Crippen molar-refractivity contribution in [3.8, 4) is 11.5 Å². The number of nitrogens with zero attached hydrogens (tertiary/aromatic N) is 2. The van der Waals surface area contributed by atoms with Gasteiger partial charge in [-0.3, -0.25) is 9.59 Å². The third-order valence-corrected chi connectivity index (χ3v) is 3.53. The van der Waals surface area contributed by atoms with Crippen LogP contribution in [0.1, 0.15) is 22.8 Å². The normalized spacial score (nSPS) is 10.5. The number of carbonyl (C=O) groups is 2. The molecule has 0 aromatic heterocycles. The van der Waals surface area contributed by atoms with E-state index < -0.39 is 0 Å². The minimum absolute atomic E-state index is 0.0758. The Morgan fingerprint density at radius 2 is 1.81 bits per heavy atom. The first-order chi connectivity index (χ1) is 13.0. The third-order valence-electron chi connectivity index (χ3n) is 3.53. The Bertz CT molecular complexity index is 804. The van der Waals surface area contributed by atoms with Crippen LogP contribution in [0.5, 0.6) is 11.5 Å². The van der Waals surface area contributed by atoms with E-state index in [0.717, 1.165) is 5.56 Å². The van der Waals surface area contributed by atoms with Crippen molar-refractivity contribution in [1.29, 1.82) is 0 Å². The largest absolute Gasteiger partial charge is 0.490 e. The molecule has 27 heavy (non-hydrogen) atoms. The highest BCUT2D eigenvalue weighted by Crippen LogP contribution is 2.28. The van der Waals surface area contributed by atoms with Crippen molar-refractivity contribution in [2.45, 2.75) is 6.92 Å². The standard InChI is InChI=1S/C20H23N3O4/c1-4-26-18-12-15(10-11-17(18)27-14-19(24)23(2)3)13-21-22-20(25)16-8-6-5-7-9-16/h5-13H,4,14H2,1-3H3,(H,22,25)/b21-13-. The summed E-state index contributed by atoms with van der Waals surface area (Å²) in [6.07, 6.45) is 1.51. The molecule has 0 spiro atoms. The van der Waals surface area contributed by atoms with Gasteiger partial charge in [0, 0.05) is 19.7 Å². The van der Waals surface area contributed by atoms with Gasteiger partial charge < -0.3 is 14.4 Å². The van der Waals surface area contributed by atoms with E-state index in [4.69, 9.17) is 9.47 Å². The maximum Gasteiger partial charge on any atom is 0.271 e. The van der Waals surface area contributed by atoms with E-state index in [2.05, 4.69) is 10.5 Å². The molecule has 0 aliphatic rings. The summed E-state index contributed by atoms with van der Waals surface area (Å²) >= 11 is 0. The molecule has 0 saturated carbocycles. The van der Waals surface area contributed by atoms with Gasteiger partial charge >= 0.3 is 0 Å². The van der Waals surface area contributed by atoms with E-state index in [1.54, 1.807) is 56.6 Å². The molecule has 2 aromatic carbocycles. The summed E-state index contributed by atoms with van der Waals surface area (Å²) in [5.41, 5.74) is 3.72. The summed E-state index contributed by atoms with van der Waals surface area (Å²) in [6, 6.07) is 14.0. The molecule has 0 saturated heterocycles. The van der Waals surface area contributed by atoms with Crippen LogP contribution in [0.15, 0.2) is 53.6 Å². The second kappa shape index (κ2) is 9.96. The number of hydrogen-bond acceptors (Lipinski definition) is 5. The Labute approximate surface area is 158 Å². The van der Waals surface area contributed by atoms with Gasteiger partial charge in [0.2, 0.25) is 0 Å². The highest BCUT2D eigenvalue weighted by molar-refractivity contribution is 5.94. The van der Waals surface area contributed by atoms with E-state index in [9.17, 15) is 9.59 Å². The fraction of sp³-hybridized carbons (Fsp3) is 0.250. The highest BCUT2D eigenvalue weighted by atomic mass is 16.5. The van der Waals surface area contributed by atoms with Gasteiger partial charge in [0.15, 0.2) is 18.1 Å². The summed E-state index contributed by atoms with van der Waals surface area (Å²) in [4.78, 5) is 25.1. The maximum atomic E-state index is 12.0. The van der Waals surface area contributed by atoms with Crippen LogP contribution in [-0.2, 0) is 4.79 Å². The molecule has 2 aromatic rings. The zero-order chi connectivity index (χ0) is 19.6. The summed E-state index contributed by atoms with van der Waals surface area (Å²) in [7, 11) is 3.33. The number of hydrazone groups is 1. The van der Waals surface area contributed by atoms with Crippen molar-refractivity contribution >= 4 is 18.0 Å². The van der Waals surface area contributed by atoms with E-state index in [1.807, 2.05) is 13.0 Å². The van der Waals surface area contributed by atoms with Gasteiger partial charge in [0.25, 0.3) is 11.8 Å². The van der Waals surface area contributed by atoms with E-state index in [-0.39, 0.29) is 18.4 Å². The molecule has 0 atom stereocenters. The van der Waals surface area contributed by atoms with Crippen molar-refractivity contribution in [3.63, 3.8) is 0 Å². The number of likely N-dealkylation sites (N-methyl/N-ethyl adjacent to an activating group) is 1. The number of benzene rings is 2. The Kier molecular flexibility index (Phi) is 7.37. The SMILES string of the molecule is CCOc1cc(/C=N\NC(=O)c2ccccc2)ccc1OCC(=O)N(C)C. The molecule has 0 aliphatic carbocycles. The molecule has 2 rings (SSSR count). The predicted octanol–water partition coefficient (Wildman–Crippen LogP) is 2.32. The molecule has 0 bridgehead atoms. The molecule has 0 fully saturated rings. The minimum atomic E-state index is -0.293. The van der Waals surface area contributed by atoms with Crippen LogP contribution in [0.2, 0.25) is 0 Å². The molecule has 2 amide bonds. The molecular formula is C20H23N3O4. The first kappa shape index (κ1) is 20.0. The van der Waals surface area contributed by atoms with Gasteiger partial charge in [-0.2, -0.15) is 5.10 Å². The Hall–Kier alpha value is -3.35. The molecule has 7 nitrogen and oxygen atoms in total. The molecular weight excluding hydrogens is 346 g/mol. The molecule has 142 valence electrons. The third kappa shape index (κ3) is 6.14. The zero-order valence-corrected chi connectivity index (χ0v) is 15.6. The van der Waals surface area contributed by atoms with E-state index in [0.29, 0.717) is 23.7 Å².